The van der Waals surface area contributed by atoms with Crippen molar-refractivity contribution in [3.63, 3.8) is 0 Å². The first-order chi connectivity index (χ1) is 7.16. The molecule has 15 heavy (non-hydrogen) atoms. The number of likely N-dealkylation sites (N-methyl/N-ethyl adjacent to an activating group) is 1. The van der Waals surface area contributed by atoms with Crippen LogP contribution in [0.4, 0.5) is 0 Å². The largest absolute Gasteiger partial charge is 0.329 e. The summed E-state index contributed by atoms with van der Waals surface area (Å²) < 4.78 is 0. The molecule has 0 spiro atoms. The molecule has 0 aromatic carbocycles. The van der Waals surface area contributed by atoms with Crippen LogP contribution in [0, 0.1) is 5.41 Å². The molecule has 0 bridgehead atoms. The van der Waals surface area contributed by atoms with Crippen molar-refractivity contribution >= 4 is 5.91 Å². The zero-order chi connectivity index (χ0) is 10.9. The van der Waals surface area contributed by atoms with Crippen molar-refractivity contribution in [3.05, 3.63) is 0 Å². The topological polar surface area (TPSA) is 61.6 Å². The average molecular weight is 212 g/mol. The quantitative estimate of drug-likeness (QED) is 0.630. The Labute approximate surface area is 90.6 Å². The number of nitrogens with one attached hydrogen (secondary N) is 1. The van der Waals surface area contributed by atoms with Gasteiger partial charge in [-0.1, -0.05) is 0 Å². The highest BCUT2D eigenvalue weighted by Crippen LogP contribution is 2.44. The van der Waals surface area contributed by atoms with Crippen molar-refractivity contribution < 1.29 is 4.79 Å². The van der Waals surface area contributed by atoms with Gasteiger partial charge in [-0.15, -0.1) is 0 Å². The van der Waals surface area contributed by atoms with Crippen LogP contribution in [0.15, 0.2) is 0 Å². The van der Waals surface area contributed by atoms with Gasteiger partial charge in [-0.3, -0.25) is 10.2 Å². The normalized spacial score (nSPS) is 26.3. The number of hydrazine groups is 1. The highest BCUT2D eigenvalue weighted by atomic mass is 16.2. The van der Waals surface area contributed by atoms with Crippen LogP contribution in [0.1, 0.15) is 12.8 Å². The Kier molecular flexibility index (Phi) is 2.95. The third-order valence-corrected chi connectivity index (χ3v) is 3.49. The third-order valence-electron chi connectivity index (χ3n) is 3.49. The maximum atomic E-state index is 11.9. The predicted molar refractivity (Wildman–Crippen MR) is 57.9 cm³/mol. The van der Waals surface area contributed by atoms with E-state index in [1.54, 1.807) is 0 Å². The first-order valence-corrected chi connectivity index (χ1v) is 5.61. The van der Waals surface area contributed by atoms with Crippen molar-refractivity contribution in [2.45, 2.75) is 12.8 Å². The number of amides is 1. The molecule has 0 aromatic heterocycles. The molecule has 5 heteroatoms. The molecule has 1 saturated heterocycles. The second-order valence-corrected chi connectivity index (χ2v) is 4.72. The van der Waals surface area contributed by atoms with Gasteiger partial charge in [0.05, 0.1) is 5.41 Å². The monoisotopic (exact) mass is 212 g/mol. The van der Waals surface area contributed by atoms with E-state index in [-0.39, 0.29) is 11.3 Å². The van der Waals surface area contributed by atoms with E-state index in [1.165, 1.54) is 0 Å². The first kappa shape index (κ1) is 10.9. The number of nitrogens with zero attached hydrogens (tertiary/aromatic N) is 2. The Bertz CT molecular complexity index is 244. The standard InChI is InChI=1S/C10H20N4O/c1-13-4-6-14(7-5-13)12-9(15)10(8-11)2-3-10/h2-8,11H2,1H3,(H,12,15). The Morgan fingerprint density at radius 3 is 2.40 bits per heavy atom. The van der Waals surface area contributed by atoms with Gasteiger partial charge in [0, 0.05) is 32.7 Å². The maximum Gasteiger partial charge on any atom is 0.241 e. The van der Waals surface area contributed by atoms with Gasteiger partial charge < -0.3 is 10.6 Å². The van der Waals surface area contributed by atoms with Crippen LogP contribution in [0.2, 0.25) is 0 Å². The van der Waals surface area contributed by atoms with E-state index in [0.29, 0.717) is 6.54 Å². The van der Waals surface area contributed by atoms with Crippen molar-refractivity contribution in [1.29, 1.82) is 0 Å². The van der Waals surface area contributed by atoms with Gasteiger partial charge >= 0.3 is 0 Å². The molecule has 3 N–H and O–H groups in total. The molecule has 0 aromatic rings. The molecule has 86 valence electrons. The second kappa shape index (κ2) is 4.08. The van der Waals surface area contributed by atoms with Crippen LogP contribution in [0.25, 0.3) is 0 Å². The molecule has 1 heterocycles. The summed E-state index contributed by atoms with van der Waals surface area (Å²) in [7, 11) is 2.10. The number of hydrogen-bond donors (Lipinski definition) is 2. The van der Waals surface area contributed by atoms with Crippen LogP contribution in [-0.2, 0) is 4.79 Å². The number of hydrogen-bond acceptors (Lipinski definition) is 4. The smallest absolute Gasteiger partial charge is 0.241 e. The molecule has 0 radical (unpaired) electrons. The molecular weight excluding hydrogens is 192 g/mol. The van der Waals surface area contributed by atoms with E-state index in [0.717, 1.165) is 39.0 Å². The Balaban J connectivity index is 1.79. The molecular formula is C10H20N4O. The predicted octanol–water partition coefficient (Wildman–Crippen LogP) is -0.996. The first-order valence-electron chi connectivity index (χ1n) is 5.61. The summed E-state index contributed by atoms with van der Waals surface area (Å²) in [4.78, 5) is 14.1. The van der Waals surface area contributed by atoms with Crippen LogP contribution >= 0.6 is 0 Å². The van der Waals surface area contributed by atoms with E-state index in [1.807, 2.05) is 5.01 Å². The highest BCUT2D eigenvalue weighted by Gasteiger charge is 2.49. The van der Waals surface area contributed by atoms with Crippen LogP contribution in [-0.4, -0.2) is 55.6 Å². The Hall–Kier alpha value is -0.650. The van der Waals surface area contributed by atoms with Crippen molar-refractivity contribution in [1.82, 2.24) is 15.3 Å². The summed E-state index contributed by atoms with van der Waals surface area (Å²) in [5.74, 6) is 0.120. The third kappa shape index (κ3) is 2.30. The lowest BCUT2D eigenvalue weighted by molar-refractivity contribution is -0.131. The molecule has 1 saturated carbocycles. The molecule has 2 fully saturated rings. The van der Waals surface area contributed by atoms with Gasteiger partial charge in [-0.2, -0.15) is 0 Å². The second-order valence-electron chi connectivity index (χ2n) is 4.72. The molecule has 1 amide bonds. The summed E-state index contributed by atoms with van der Waals surface area (Å²) >= 11 is 0. The number of carbonyl (C=O) groups excluding carboxylic acids is 1. The molecule has 0 unspecified atom stereocenters. The van der Waals surface area contributed by atoms with E-state index >= 15 is 0 Å². The lowest BCUT2D eigenvalue weighted by Crippen LogP contribution is -2.54. The van der Waals surface area contributed by atoms with Crippen LogP contribution < -0.4 is 11.2 Å². The Morgan fingerprint density at radius 1 is 1.33 bits per heavy atom. The lowest BCUT2D eigenvalue weighted by Gasteiger charge is -2.33. The van der Waals surface area contributed by atoms with E-state index in [9.17, 15) is 4.79 Å². The zero-order valence-electron chi connectivity index (χ0n) is 9.33. The molecule has 1 aliphatic heterocycles. The van der Waals surface area contributed by atoms with Crippen molar-refractivity contribution in [2.75, 3.05) is 39.8 Å². The van der Waals surface area contributed by atoms with Gasteiger partial charge in [-0.05, 0) is 19.9 Å². The summed E-state index contributed by atoms with van der Waals surface area (Å²) in [6.07, 6.45) is 1.89. The fourth-order valence-corrected chi connectivity index (χ4v) is 1.86. The summed E-state index contributed by atoms with van der Waals surface area (Å²) in [5.41, 5.74) is 8.36. The molecule has 2 aliphatic rings. The number of piperazine rings is 1. The van der Waals surface area contributed by atoms with Crippen molar-refractivity contribution in [2.24, 2.45) is 11.1 Å². The number of carbonyl (C=O) groups is 1. The lowest BCUT2D eigenvalue weighted by atomic mass is 10.1. The minimum absolute atomic E-state index is 0.120. The Morgan fingerprint density at radius 2 is 1.93 bits per heavy atom. The molecule has 2 rings (SSSR count). The van der Waals surface area contributed by atoms with E-state index < -0.39 is 0 Å². The van der Waals surface area contributed by atoms with Crippen LogP contribution in [0.3, 0.4) is 0 Å². The SMILES string of the molecule is CN1CCN(NC(=O)C2(CN)CC2)CC1. The van der Waals surface area contributed by atoms with Gasteiger partial charge in [0.2, 0.25) is 5.91 Å². The van der Waals surface area contributed by atoms with Crippen molar-refractivity contribution in [3.8, 4) is 0 Å². The van der Waals surface area contributed by atoms with Gasteiger partial charge in [0.25, 0.3) is 0 Å². The summed E-state index contributed by atoms with van der Waals surface area (Å²) in [5, 5.41) is 2.01. The maximum absolute atomic E-state index is 11.9. The fourth-order valence-electron chi connectivity index (χ4n) is 1.86. The van der Waals surface area contributed by atoms with Gasteiger partial charge in [0.15, 0.2) is 0 Å². The fraction of sp³-hybridized carbons (Fsp3) is 0.900. The van der Waals surface area contributed by atoms with Gasteiger partial charge in [0.1, 0.15) is 0 Å². The molecule has 5 nitrogen and oxygen atoms in total. The zero-order valence-corrected chi connectivity index (χ0v) is 9.33. The minimum Gasteiger partial charge on any atom is -0.329 e. The molecule has 0 atom stereocenters. The minimum atomic E-state index is -0.233. The van der Waals surface area contributed by atoms with Crippen LogP contribution in [0.5, 0.6) is 0 Å². The number of rotatable bonds is 3. The van der Waals surface area contributed by atoms with E-state index in [4.69, 9.17) is 5.73 Å². The number of nitrogens with two attached hydrogens (primary N) is 1. The summed E-state index contributed by atoms with van der Waals surface area (Å²) in [6, 6.07) is 0. The van der Waals surface area contributed by atoms with E-state index in [2.05, 4.69) is 17.4 Å². The average Bonchev–Trinajstić information content (AvgIpc) is 3.02. The summed E-state index contributed by atoms with van der Waals surface area (Å²) in [6.45, 7) is 4.31. The highest BCUT2D eigenvalue weighted by molar-refractivity contribution is 5.85. The molecule has 1 aliphatic carbocycles. The van der Waals surface area contributed by atoms with Gasteiger partial charge in [-0.25, -0.2) is 5.01 Å².